The predicted molar refractivity (Wildman–Crippen MR) is 106 cm³/mol. The second kappa shape index (κ2) is 9.06. The summed E-state index contributed by atoms with van der Waals surface area (Å²) in [4.78, 5) is 3.22. The molecule has 11 heteroatoms. The first-order valence-corrected chi connectivity index (χ1v) is 10.5. The molecule has 2 N–H and O–H groups in total. The summed E-state index contributed by atoms with van der Waals surface area (Å²) in [7, 11) is -2.67. The van der Waals surface area contributed by atoms with Crippen LogP contribution in [0.2, 0.25) is 0 Å². The molecule has 3 aromatic rings. The van der Waals surface area contributed by atoms with E-state index in [-0.39, 0.29) is 27.5 Å². The number of nitrogens with zero attached hydrogens (tertiary/aromatic N) is 1. The van der Waals surface area contributed by atoms with Crippen LogP contribution in [-0.4, -0.2) is 20.5 Å². The summed E-state index contributed by atoms with van der Waals surface area (Å²) in [5.41, 5.74) is -0.0116. The Kier molecular flexibility index (Phi) is 7.12. The van der Waals surface area contributed by atoms with E-state index in [2.05, 4.69) is 4.98 Å². The van der Waals surface area contributed by atoms with Gasteiger partial charge in [0.15, 0.2) is 5.76 Å². The molecule has 31 heavy (non-hydrogen) atoms. The van der Waals surface area contributed by atoms with Crippen molar-refractivity contribution in [2.45, 2.75) is 31.8 Å². The first-order valence-electron chi connectivity index (χ1n) is 8.97. The molecule has 1 heterocycles. The lowest BCUT2D eigenvalue weighted by Gasteiger charge is -2.09. The Bertz CT molecular complexity index is 1170. The third-order valence-electron chi connectivity index (χ3n) is 4.06. The number of hydrogen-bond donors (Lipinski definition) is 1. The molecule has 0 unspecified atom stereocenters. The van der Waals surface area contributed by atoms with Crippen molar-refractivity contribution in [2.24, 2.45) is 5.14 Å². The summed E-state index contributed by atoms with van der Waals surface area (Å²) in [6.45, 7) is 5.59. The molecule has 0 aliphatic rings. The molecule has 168 valence electrons. The standard InChI is InChI=1S/C18H14F4N2O4S.C2H6/c1-9-7-12(13(19)8-14(9)27-2)16-15(24-17(28-16)18(20,21)22)10-3-5-11(6-4-10)29(23,25)26;1-2/h3-8H,1-2H3,(H2,23,25,26);1-2H3. The second-order valence-electron chi connectivity index (χ2n) is 6.07. The normalized spacial score (nSPS) is 11.6. The molecular weight excluding hydrogens is 440 g/mol. The van der Waals surface area contributed by atoms with Crippen molar-refractivity contribution in [3.05, 3.63) is 53.7 Å². The summed E-state index contributed by atoms with van der Waals surface area (Å²) in [6.07, 6.45) is -4.91. The maximum absolute atomic E-state index is 14.6. The number of halogens is 4. The highest BCUT2D eigenvalue weighted by molar-refractivity contribution is 7.89. The Morgan fingerprint density at radius 3 is 2.16 bits per heavy atom. The van der Waals surface area contributed by atoms with E-state index in [0.717, 1.165) is 18.2 Å². The smallest absolute Gasteiger partial charge is 0.468 e. The minimum absolute atomic E-state index is 0.0829. The van der Waals surface area contributed by atoms with Crippen molar-refractivity contribution in [3.8, 4) is 28.3 Å². The lowest BCUT2D eigenvalue weighted by molar-refractivity contribution is -0.156. The Morgan fingerprint density at radius 2 is 1.68 bits per heavy atom. The molecule has 0 spiro atoms. The van der Waals surface area contributed by atoms with Crippen LogP contribution in [0.1, 0.15) is 25.3 Å². The molecule has 0 saturated heterocycles. The number of oxazole rings is 1. The van der Waals surface area contributed by atoms with Gasteiger partial charge in [-0.15, -0.1) is 0 Å². The quantitative estimate of drug-likeness (QED) is 0.543. The van der Waals surface area contributed by atoms with Crippen LogP contribution in [0.4, 0.5) is 17.6 Å². The van der Waals surface area contributed by atoms with E-state index < -0.39 is 33.7 Å². The maximum atomic E-state index is 14.6. The number of rotatable bonds is 4. The van der Waals surface area contributed by atoms with Gasteiger partial charge in [-0.25, -0.2) is 22.9 Å². The average Bonchev–Trinajstić information content (AvgIpc) is 3.16. The highest BCUT2D eigenvalue weighted by atomic mass is 32.2. The van der Waals surface area contributed by atoms with Crippen LogP contribution in [0.3, 0.4) is 0 Å². The number of aryl methyl sites for hydroxylation is 1. The third-order valence-corrected chi connectivity index (χ3v) is 4.98. The van der Waals surface area contributed by atoms with Crippen LogP contribution >= 0.6 is 0 Å². The Labute approximate surface area is 176 Å². The molecule has 2 aromatic carbocycles. The third kappa shape index (κ3) is 5.23. The van der Waals surface area contributed by atoms with Crippen molar-refractivity contribution in [1.82, 2.24) is 4.98 Å². The molecule has 0 amide bonds. The first kappa shape index (κ1) is 24.4. The predicted octanol–water partition coefficient (Wildman–Crippen LogP) is 5.16. The Hall–Kier alpha value is -2.92. The van der Waals surface area contributed by atoms with Gasteiger partial charge in [-0.3, -0.25) is 0 Å². The SMILES string of the molecule is CC.COc1cc(F)c(-c2oc(C(F)(F)F)nc2-c2ccc(S(N)(=O)=O)cc2)cc1C. The van der Waals surface area contributed by atoms with Crippen molar-refractivity contribution < 1.29 is 35.1 Å². The van der Waals surface area contributed by atoms with E-state index >= 15 is 0 Å². The number of benzene rings is 2. The monoisotopic (exact) mass is 460 g/mol. The van der Waals surface area contributed by atoms with E-state index in [4.69, 9.17) is 14.3 Å². The minimum atomic E-state index is -4.91. The van der Waals surface area contributed by atoms with E-state index in [1.54, 1.807) is 6.92 Å². The van der Waals surface area contributed by atoms with Crippen molar-refractivity contribution in [2.75, 3.05) is 7.11 Å². The van der Waals surface area contributed by atoms with Crippen LogP contribution in [-0.2, 0) is 16.2 Å². The van der Waals surface area contributed by atoms with E-state index in [1.165, 1.54) is 25.3 Å². The topological polar surface area (TPSA) is 95.4 Å². The molecule has 0 atom stereocenters. The van der Waals surface area contributed by atoms with Crippen LogP contribution in [0, 0.1) is 12.7 Å². The molecule has 3 rings (SSSR count). The van der Waals surface area contributed by atoms with Crippen LogP contribution in [0.25, 0.3) is 22.6 Å². The van der Waals surface area contributed by atoms with Gasteiger partial charge in [0.2, 0.25) is 10.0 Å². The lowest BCUT2D eigenvalue weighted by atomic mass is 10.0. The second-order valence-corrected chi connectivity index (χ2v) is 7.63. The molecular formula is C20H20F4N2O4S. The fourth-order valence-electron chi connectivity index (χ4n) is 2.68. The Morgan fingerprint density at radius 1 is 1.10 bits per heavy atom. The summed E-state index contributed by atoms with van der Waals surface area (Å²) in [6, 6.07) is 6.91. The summed E-state index contributed by atoms with van der Waals surface area (Å²) < 4.78 is 86.7. The van der Waals surface area contributed by atoms with Crippen molar-refractivity contribution in [1.29, 1.82) is 0 Å². The zero-order valence-electron chi connectivity index (χ0n) is 17.0. The molecule has 0 radical (unpaired) electrons. The van der Waals surface area contributed by atoms with Gasteiger partial charge in [0.1, 0.15) is 17.3 Å². The molecule has 0 saturated carbocycles. The summed E-state index contributed by atoms with van der Waals surface area (Å²) in [5, 5.41) is 5.02. The van der Waals surface area contributed by atoms with Gasteiger partial charge in [-0.2, -0.15) is 13.2 Å². The number of aromatic nitrogens is 1. The number of methoxy groups -OCH3 is 1. The van der Waals surface area contributed by atoms with Gasteiger partial charge in [-0.1, -0.05) is 26.0 Å². The fourth-order valence-corrected chi connectivity index (χ4v) is 3.19. The minimum Gasteiger partial charge on any atom is -0.496 e. The van der Waals surface area contributed by atoms with Gasteiger partial charge < -0.3 is 9.15 Å². The number of hydrogen-bond acceptors (Lipinski definition) is 5. The maximum Gasteiger partial charge on any atom is 0.468 e. The number of alkyl halides is 3. The lowest BCUT2D eigenvalue weighted by Crippen LogP contribution is -2.11. The zero-order valence-corrected chi connectivity index (χ0v) is 17.9. The fraction of sp³-hybridized carbons (Fsp3) is 0.250. The number of primary sulfonamides is 1. The summed E-state index contributed by atoms with van der Waals surface area (Å²) in [5.74, 6) is -2.68. The first-order chi connectivity index (χ1) is 14.4. The van der Waals surface area contributed by atoms with E-state index in [9.17, 15) is 26.0 Å². The highest BCUT2D eigenvalue weighted by Gasteiger charge is 2.39. The Balaban J connectivity index is 0.00000166. The van der Waals surface area contributed by atoms with Crippen LogP contribution in [0.15, 0.2) is 45.7 Å². The van der Waals surface area contributed by atoms with Gasteiger partial charge in [0, 0.05) is 11.6 Å². The molecule has 0 fully saturated rings. The molecule has 0 aliphatic carbocycles. The molecule has 0 bridgehead atoms. The number of nitrogens with two attached hydrogens (primary N) is 1. The van der Waals surface area contributed by atoms with E-state index in [1.807, 2.05) is 13.8 Å². The van der Waals surface area contributed by atoms with Gasteiger partial charge in [0.25, 0.3) is 0 Å². The average molecular weight is 460 g/mol. The van der Waals surface area contributed by atoms with E-state index in [0.29, 0.717) is 5.56 Å². The van der Waals surface area contributed by atoms with Gasteiger partial charge >= 0.3 is 12.1 Å². The number of sulfonamides is 1. The molecule has 1 aromatic heterocycles. The van der Waals surface area contributed by atoms with Crippen LogP contribution in [0.5, 0.6) is 5.75 Å². The van der Waals surface area contributed by atoms with Crippen molar-refractivity contribution in [3.63, 3.8) is 0 Å². The van der Waals surface area contributed by atoms with Gasteiger partial charge in [0.05, 0.1) is 17.6 Å². The largest absolute Gasteiger partial charge is 0.496 e. The summed E-state index contributed by atoms with van der Waals surface area (Å²) >= 11 is 0. The molecule has 0 aliphatic heterocycles. The molecule has 6 nitrogen and oxygen atoms in total. The zero-order chi connectivity index (χ0) is 23.6. The number of ether oxygens (including phenoxy) is 1. The highest BCUT2D eigenvalue weighted by Crippen LogP contribution is 2.40. The van der Waals surface area contributed by atoms with Crippen molar-refractivity contribution >= 4 is 10.0 Å². The van der Waals surface area contributed by atoms with Gasteiger partial charge in [-0.05, 0) is 30.7 Å². The van der Waals surface area contributed by atoms with Crippen LogP contribution < -0.4 is 9.88 Å².